The Labute approximate surface area is 148 Å². The first-order valence-electron chi connectivity index (χ1n) is 7.05. The van der Waals surface area contributed by atoms with Gasteiger partial charge in [-0.25, -0.2) is 4.58 Å². The van der Waals surface area contributed by atoms with E-state index in [1.54, 1.807) is 0 Å². The second-order valence-electron chi connectivity index (χ2n) is 4.97. The van der Waals surface area contributed by atoms with E-state index < -0.39 is 0 Å². The van der Waals surface area contributed by atoms with Gasteiger partial charge in [-0.15, -0.1) is 29.6 Å². The Hall–Kier alpha value is -1.46. The van der Waals surface area contributed by atoms with Gasteiger partial charge in [-0.05, 0) is 18.1 Å². The topological polar surface area (TPSA) is 41.1 Å². The minimum Gasteiger partial charge on any atom is -0.291 e. The predicted molar refractivity (Wildman–Crippen MR) is 102 cm³/mol. The molecule has 0 heterocycles. The molecule has 1 unspecified atom stereocenters. The van der Waals surface area contributed by atoms with Crippen molar-refractivity contribution in [2.75, 3.05) is 0 Å². The molecule has 0 aromatic heterocycles. The Morgan fingerprint density at radius 1 is 1.05 bits per heavy atom. The Bertz CT molecular complexity index is 585. The molecule has 0 aliphatic heterocycles. The highest BCUT2D eigenvalue weighted by Gasteiger charge is 2.13. The molecule has 0 radical (unpaired) electrons. The number of guanidine groups is 1. The van der Waals surface area contributed by atoms with Crippen LogP contribution < -0.4 is 11.1 Å². The summed E-state index contributed by atoms with van der Waals surface area (Å²) in [6.07, 6.45) is 0. The van der Waals surface area contributed by atoms with Crippen molar-refractivity contribution in [3.63, 3.8) is 0 Å². The zero-order chi connectivity index (χ0) is 15.1. The SMILES string of the molecule is Br.CC(S)/[N+](Cc1ccccc1)=C(\N)NCc1ccccc1. The maximum Gasteiger partial charge on any atom is 0.344 e. The van der Waals surface area contributed by atoms with E-state index in [1.807, 2.05) is 47.9 Å². The number of hydrogen-bond donors (Lipinski definition) is 3. The largest absolute Gasteiger partial charge is 0.344 e. The molecule has 0 saturated heterocycles. The van der Waals surface area contributed by atoms with Crippen LogP contribution in [0.2, 0.25) is 0 Å². The minimum atomic E-state index is 0. The van der Waals surface area contributed by atoms with Crippen LogP contribution in [0, 0.1) is 0 Å². The smallest absolute Gasteiger partial charge is 0.291 e. The summed E-state index contributed by atoms with van der Waals surface area (Å²) in [5, 5.41) is 3.31. The molecule has 5 heteroatoms. The van der Waals surface area contributed by atoms with E-state index in [4.69, 9.17) is 5.73 Å². The standard InChI is InChI=1S/C17H21N3S.BrH/c1-14(21)20(13-16-10-6-3-7-11-16)17(18)19-12-15-8-4-2-5-9-15;/h2-11,14H,12-13H2,1H3,(H3,18,19,21);1H/p+1. The highest BCUT2D eigenvalue weighted by atomic mass is 79.9. The Morgan fingerprint density at radius 2 is 1.55 bits per heavy atom. The highest BCUT2D eigenvalue weighted by molar-refractivity contribution is 8.93. The molecule has 2 rings (SSSR count). The van der Waals surface area contributed by atoms with Crippen LogP contribution in [0.5, 0.6) is 0 Å². The van der Waals surface area contributed by atoms with Crippen molar-refractivity contribution in [3.8, 4) is 0 Å². The molecule has 0 aliphatic rings. The molecule has 0 saturated carbocycles. The highest BCUT2D eigenvalue weighted by Crippen LogP contribution is 2.05. The summed E-state index contributed by atoms with van der Waals surface area (Å²) in [7, 11) is 0. The van der Waals surface area contributed by atoms with Crippen molar-refractivity contribution < 1.29 is 4.58 Å². The summed E-state index contributed by atoms with van der Waals surface area (Å²) < 4.78 is 2.04. The number of halogens is 1. The van der Waals surface area contributed by atoms with Crippen LogP contribution in [0.1, 0.15) is 18.1 Å². The number of thiol groups is 1. The summed E-state index contributed by atoms with van der Waals surface area (Å²) in [5.41, 5.74) is 8.61. The molecular formula is C17H23BrN3S+. The maximum absolute atomic E-state index is 6.20. The summed E-state index contributed by atoms with van der Waals surface area (Å²) in [6, 6.07) is 20.5. The second-order valence-corrected chi connectivity index (χ2v) is 5.72. The number of nitrogens with one attached hydrogen (secondary N) is 1. The van der Waals surface area contributed by atoms with Crippen LogP contribution in [0.4, 0.5) is 0 Å². The van der Waals surface area contributed by atoms with E-state index in [2.05, 4.69) is 42.2 Å². The molecule has 0 spiro atoms. The Morgan fingerprint density at radius 3 is 2.05 bits per heavy atom. The summed E-state index contributed by atoms with van der Waals surface area (Å²) in [4.78, 5) is 0. The minimum absolute atomic E-state index is 0. The van der Waals surface area contributed by atoms with Gasteiger partial charge in [0.2, 0.25) is 0 Å². The number of rotatable bonds is 5. The zero-order valence-corrected chi connectivity index (χ0v) is 15.3. The van der Waals surface area contributed by atoms with Crippen LogP contribution in [0.25, 0.3) is 0 Å². The molecule has 0 aliphatic carbocycles. The summed E-state index contributed by atoms with van der Waals surface area (Å²) in [5.74, 6) is 0.644. The first-order valence-corrected chi connectivity index (χ1v) is 7.57. The molecule has 0 fully saturated rings. The van der Waals surface area contributed by atoms with Crippen LogP contribution in [0.15, 0.2) is 60.7 Å². The molecular weight excluding hydrogens is 358 g/mol. The fourth-order valence-electron chi connectivity index (χ4n) is 2.09. The molecule has 22 heavy (non-hydrogen) atoms. The normalized spacial score (nSPS) is 12.8. The van der Waals surface area contributed by atoms with Crippen molar-refractivity contribution in [3.05, 3.63) is 71.8 Å². The van der Waals surface area contributed by atoms with Gasteiger partial charge in [-0.2, -0.15) is 0 Å². The van der Waals surface area contributed by atoms with Gasteiger partial charge in [0.05, 0.1) is 13.1 Å². The molecule has 0 amide bonds. The monoisotopic (exact) mass is 380 g/mol. The average Bonchev–Trinajstić information content (AvgIpc) is 2.52. The first-order chi connectivity index (χ1) is 10.2. The molecule has 1 atom stereocenters. The fourth-order valence-corrected chi connectivity index (χ4v) is 2.29. The van der Waals surface area contributed by atoms with E-state index in [0.717, 1.165) is 6.54 Å². The van der Waals surface area contributed by atoms with Gasteiger partial charge in [-0.1, -0.05) is 60.7 Å². The molecule has 0 bridgehead atoms. The van der Waals surface area contributed by atoms with Gasteiger partial charge < -0.3 is 0 Å². The van der Waals surface area contributed by atoms with Crippen molar-refractivity contribution in [1.82, 2.24) is 5.32 Å². The third-order valence-corrected chi connectivity index (χ3v) is 3.55. The average molecular weight is 381 g/mol. The molecule has 3 nitrogen and oxygen atoms in total. The van der Waals surface area contributed by atoms with Gasteiger partial charge in [0.15, 0.2) is 0 Å². The number of nitrogens with two attached hydrogens (primary N) is 1. The van der Waals surface area contributed by atoms with E-state index in [-0.39, 0.29) is 22.4 Å². The fraction of sp³-hybridized carbons (Fsp3) is 0.235. The van der Waals surface area contributed by atoms with E-state index in [0.29, 0.717) is 12.5 Å². The lowest BCUT2D eigenvalue weighted by Gasteiger charge is -2.15. The van der Waals surface area contributed by atoms with Crippen molar-refractivity contribution in [1.29, 1.82) is 0 Å². The van der Waals surface area contributed by atoms with Crippen LogP contribution in [-0.4, -0.2) is 15.9 Å². The quantitative estimate of drug-likeness (QED) is 0.245. The zero-order valence-electron chi connectivity index (χ0n) is 12.6. The lowest BCUT2D eigenvalue weighted by molar-refractivity contribution is -0.556. The van der Waals surface area contributed by atoms with Gasteiger partial charge in [0.25, 0.3) is 0 Å². The van der Waals surface area contributed by atoms with E-state index >= 15 is 0 Å². The lowest BCUT2D eigenvalue weighted by atomic mass is 10.2. The lowest BCUT2D eigenvalue weighted by Crippen LogP contribution is -2.42. The summed E-state index contributed by atoms with van der Waals surface area (Å²) in [6.45, 7) is 3.46. The van der Waals surface area contributed by atoms with E-state index in [1.165, 1.54) is 11.1 Å². The van der Waals surface area contributed by atoms with Gasteiger partial charge in [-0.3, -0.25) is 11.1 Å². The maximum atomic E-state index is 6.20. The van der Waals surface area contributed by atoms with Crippen molar-refractivity contribution >= 4 is 35.6 Å². The van der Waals surface area contributed by atoms with Crippen LogP contribution in [0.3, 0.4) is 0 Å². The van der Waals surface area contributed by atoms with Gasteiger partial charge >= 0.3 is 5.96 Å². The van der Waals surface area contributed by atoms with Crippen molar-refractivity contribution in [2.24, 2.45) is 5.73 Å². The molecule has 118 valence electrons. The van der Waals surface area contributed by atoms with Crippen LogP contribution in [-0.2, 0) is 13.1 Å². The number of nitrogens with zero attached hydrogens (tertiary/aromatic N) is 1. The Kier molecular flexibility index (Phi) is 8.06. The first kappa shape index (κ1) is 18.6. The summed E-state index contributed by atoms with van der Waals surface area (Å²) >= 11 is 4.53. The number of hydrogen-bond acceptors (Lipinski definition) is 1. The molecule has 3 N–H and O–H groups in total. The van der Waals surface area contributed by atoms with Crippen molar-refractivity contribution in [2.45, 2.75) is 25.4 Å². The molecule has 2 aromatic rings. The number of benzene rings is 2. The van der Waals surface area contributed by atoms with Gasteiger partial charge in [0.1, 0.15) is 5.37 Å². The molecule has 2 aromatic carbocycles. The van der Waals surface area contributed by atoms with Gasteiger partial charge in [0, 0.05) is 0 Å². The van der Waals surface area contributed by atoms with E-state index in [9.17, 15) is 0 Å². The third-order valence-electron chi connectivity index (χ3n) is 3.27. The second kappa shape index (κ2) is 9.54. The predicted octanol–water partition coefficient (Wildman–Crippen LogP) is 3.16. The Balaban J connectivity index is 0.00000242. The van der Waals surface area contributed by atoms with Crippen LogP contribution >= 0.6 is 29.6 Å². The third kappa shape index (κ3) is 5.73.